The van der Waals surface area contributed by atoms with Crippen LogP contribution in [0.2, 0.25) is 0 Å². The zero-order chi connectivity index (χ0) is 12.3. The molecule has 17 heavy (non-hydrogen) atoms. The molecule has 1 atom stereocenters. The van der Waals surface area contributed by atoms with Gasteiger partial charge in [-0.25, -0.2) is 0 Å². The van der Waals surface area contributed by atoms with Crippen molar-refractivity contribution in [3.63, 3.8) is 0 Å². The molecule has 0 saturated carbocycles. The molecule has 5 nitrogen and oxygen atoms in total. The number of aliphatic hydroxyl groups is 1. The molecule has 1 saturated heterocycles. The summed E-state index contributed by atoms with van der Waals surface area (Å²) in [6, 6.07) is 6.52. The number of benzene rings is 1. The van der Waals surface area contributed by atoms with E-state index in [0.29, 0.717) is 18.7 Å². The maximum Gasteiger partial charge on any atom is 0.227 e. The van der Waals surface area contributed by atoms with Gasteiger partial charge in [0, 0.05) is 6.54 Å². The standard InChI is InChI=1S/C12H16N2O3/c15-10-4-2-1-3-9(10)14-11(16)7-12(17)5-6-13-8-12/h1-4,13,15,17H,5-8H2,(H,14,16). The van der Waals surface area contributed by atoms with Crippen LogP contribution in [0.15, 0.2) is 24.3 Å². The Labute approximate surface area is 99.5 Å². The van der Waals surface area contributed by atoms with Crippen LogP contribution in [-0.4, -0.2) is 34.8 Å². The van der Waals surface area contributed by atoms with E-state index in [-0.39, 0.29) is 18.1 Å². The van der Waals surface area contributed by atoms with E-state index in [4.69, 9.17) is 0 Å². The summed E-state index contributed by atoms with van der Waals surface area (Å²) in [5.41, 5.74) is -0.596. The van der Waals surface area contributed by atoms with Crippen LogP contribution in [0.25, 0.3) is 0 Å². The molecule has 1 aliphatic rings. The lowest BCUT2D eigenvalue weighted by atomic mass is 9.98. The summed E-state index contributed by atoms with van der Waals surface area (Å²) in [6.45, 7) is 1.15. The molecular weight excluding hydrogens is 220 g/mol. The minimum atomic E-state index is -0.964. The van der Waals surface area contributed by atoms with Crippen molar-refractivity contribution in [2.45, 2.75) is 18.4 Å². The SMILES string of the molecule is O=C(CC1(O)CCNC1)Nc1ccccc1O. The fourth-order valence-electron chi connectivity index (χ4n) is 1.95. The Bertz CT molecular complexity index is 414. The Hall–Kier alpha value is -1.59. The second-order valence-corrected chi connectivity index (χ2v) is 4.39. The molecule has 1 fully saturated rings. The number of aromatic hydroxyl groups is 1. The third kappa shape index (κ3) is 2.95. The molecule has 1 heterocycles. The number of nitrogens with one attached hydrogen (secondary N) is 2. The van der Waals surface area contributed by atoms with E-state index in [1.54, 1.807) is 18.2 Å². The number of hydrogen-bond donors (Lipinski definition) is 4. The lowest BCUT2D eigenvalue weighted by Gasteiger charge is -2.20. The number of amides is 1. The quantitative estimate of drug-likeness (QED) is 0.574. The summed E-state index contributed by atoms with van der Waals surface area (Å²) in [4.78, 5) is 11.7. The number of β-amino-alcohol motifs (C(OH)–C–C–N with tert-alkyl or cyclic N) is 1. The molecule has 1 aromatic carbocycles. The number of rotatable bonds is 3. The van der Waals surface area contributed by atoms with Gasteiger partial charge in [-0.1, -0.05) is 12.1 Å². The number of carbonyl (C=O) groups excluding carboxylic acids is 1. The van der Waals surface area contributed by atoms with Gasteiger partial charge in [-0.05, 0) is 25.1 Å². The molecular formula is C12H16N2O3. The first-order chi connectivity index (χ1) is 8.09. The Balaban J connectivity index is 1.96. The summed E-state index contributed by atoms with van der Waals surface area (Å²) in [6.07, 6.45) is 0.607. The van der Waals surface area contributed by atoms with Crippen LogP contribution < -0.4 is 10.6 Å². The Morgan fingerprint density at radius 2 is 2.24 bits per heavy atom. The molecule has 1 amide bonds. The highest BCUT2D eigenvalue weighted by molar-refractivity contribution is 5.92. The first-order valence-electron chi connectivity index (χ1n) is 5.60. The Morgan fingerprint density at radius 3 is 2.88 bits per heavy atom. The molecule has 0 aliphatic carbocycles. The lowest BCUT2D eigenvalue weighted by molar-refractivity contribution is -0.120. The van der Waals surface area contributed by atoms with Gasteiger partial charge in [-0.3, -0.25) is 4.79 Å². The highest BCUT2D eigenvalue weighted by Crippen LogP contribution is 2.24. The van der Waals surface area contributed by atoms with Crippen LogP contribution in [0.5, 0.6) is 5.75 Å². The lowest BCUT2D eigenvalue weighted by Crippen LogP contribution is -2.35. The van der Waals surface area contributed by atoms with E-state index in [2.05, 4.69) is 10.6 Å². The summed E-state index contributed by atoms with van der Waals surface area (Å²) < 4.78 is 0. The van der Waals surface area contributed by atoms with Crippen LogP contribution in [-0.2, 0) is 4.79 Å². The minimum Gasteiger partial charge on any atom is -0.506 e. The van der Waals surface area contributed by atoms with E-state index < -0.39 is 5.60 Å². The van der Waals surface area contributed by atoms with Crippen molar-refractivity contribution in [3.05, 3.63) is 24.3 Å². The smallest absolute Gasteiger partial charge is 0.227 e. The minimum absolute atomic E-state index is 0.0254. The molecule has 0 aromatic heterocycles. The van der Waals surface area contributed by atoms with Crippen molar-refractivity contribution >= 4 is 11.6 Å². The van der Waals surface area contributed by atoms with Crippen LogP contribution >= 0.6 is 0 Å². The second-order valence-electron chi connectivity index (χ2n) is 4.39. The molecule has 1 aromatic rings. The van der Waals surface area contributed by atoms with Gasteiger partial charge in [-0.2, -0.15) is 0 Å². The van der Waals surface area contributed by atoms with Gasteiger partial charge in [-0.15, -0.1) is 0 Å². The van der Waals surface area contributed by atoms with Gasteiger partial charge < -0.3 is 20.8 Å². The van der Waals surface area contributed by atoms with Crippen LogP contribution in [0.3, 0.4) is 0 Å². The molecule has 92 valence electrons. The van der Waals surface area contributed by atoms with Gasteiger partial charge in [0.15, 0.2) is 0 Å². The van der Waals surface area contributed by atoms with Crippen molar-refractivity contribution in [1.29, 1.82) is 0 Å². The predicted octanol–water partition coefficient (Wildman–Crippen LogP) is 0.445. The zero-order valence-corrected chi connectivity index (χ0v) is 9.44. The first kappa shape index (κ1) is 11.9. The average Bonchev–Trinajstić information content (AvgIpc) is 2.68. The van der Waals surface area contributed by atoms with Crippen molar-refractivity contribution in [2.24, 2.45) is 0 Å². The topological polar surface area (TPSA) is 81.6 Å². The number of carbonyl (C=O) groups is 1. The number of para-hydroxylation sites is 2. The molecule has 0 spiro atoms. The summed E-state index contributed by atoms with van der Waals surface area (Å²) in [7, 11) is 0. The van der Waals surface area contributed by atoms with E-state index in [1.165, 1.54) is 6.07 Å². The highest BCUT2D eigenvalue weighted by Gasteiger charge is 2.33. The van der Waals surface area contributed by atoms with Crippen LogP contribution in [0, 0.1) is 0 Å². The number of phenols is 1. The molecule has 1 unspecified atom stereocenters. The molecule has 0 bridgehead atoms. The fraction of sp³-hybridized carbons (Fsp3) is 0.417. The van der Waals surface area contributed by atoms with E-state index >= 15 is 0 Å². The second kappa shape index (κ2) is 4.73. The van der Waals surface area contributed by atoms with E-state index in [9.17, 15) is 15.0 Å². The number of phenolic OH excluding ortho intramolecular Hbond substituents is 1. The molecule has 1 aliphatic heterocycles. The predicted molar refractivity (Wildman–Crippen MR) is 63.8 cm³/mol. The zero-order valence-electron chi connectivity index (χ0n) is 9.44. The molecule has 2 rings (SSSR count). The third-order valence-electron chi connectivity index (χ3n) is 2.89. The van der Waals surface area contributed by atoms with Crippen molar-refractivity contribution in [1.82, 2.24) is 5.32 Å². The highest BCUT2D eigenvalue weighted by atomic mass is 16.3. The van der Waals surface area contributed by atoms with Crippen molar-refractivity contribution in [3.8, 4) is 5.75 Å². The first-order valence-corrected chi connectivity index (χ1v) is 5.60. The van der Waals surface area contributed by atoms with Crippen molar-refractivity contribution < 1.29 is 15.0 Å². The molecule has 0 radical (unpaired) electrons. The van der Waals surface area contributed by atoms with Crippen LogP contribution in [0.4, 0.5) is 5.69 Å². The van der Waals surface area contributed by atoms with Gasteiger partial charge in [0.05, 0.1) is 17.7 Å². The Morgan fingerprint density at radius 1 is 1.47 bits per heavy atom. The third-order valence-corrected chi connectivity index (χ3v) is 2.89. The molecule has 4 N–H and O–H groups in total. The van der Waals surface area contributed by atoms with Gasteiger partial charge in [0.2, 0.25) is 5.91 Å². The van der Waals surface area contributed by atoms with Gasteiger partial charge in [0.1, 0.15) is 5.75 Å². The van der Waals surface area contributed by atoms with Crippen molar-refractivity contribution in [2.75, 3.05) is 18.4 Å². The summed E-state index contributed by atoms with van der Waals surface area (Å²) >= 11 is 0. The van der Waals surface area contributed by atoms with E-state index in [1.807, 2.05) is 0 Å². The monoisotopic (exact) mass is 236 g/mol. The Kier molecular flexibility index (Phi) is 3.31. The largest absolute Gasteiger partial charge is 0.506 e. The van der Waals surface area contributed by atoms with Gasteiger partial charge in [0.25, 0.3) is 0 Å². The van der Waals surface area contributed by atoms with E-state index in [0.717, 1.165) is 6.54 Å². The summed E-state index contributed by atoms with van der Waals surface area (Å²) in [5.74, 6) is -0.268. The number of anilines is 1. The van der Waals surface area contributed by atoms with Gasteiger partial charge >= 0.3 is 0 Å². The van der Waals surface area contributed by atoms with Crippen LogP contribution in [0.1, 0.15) is 12.8 Å². The molecule has 5 heteroatoms. The maximum absolute atomic E-state index is 11.7. The maximum atomic E-state index is 11.7. The normalized spacial score (nSPS) is 23.6. The fourth-order valence-corrected chi connectivity index (χ4v) is 1.95. The number of hydrogen-bond acceptors (Lipinski definition) is 4. The summed E-state index contributed by atoms with van der Waals surface area (Å²) in [5, 5.41) is 25.1. The average molecular weight is 236 g/mol.